The molecule has 35 heavy (non-hydrogen) atoms. The van der Waals surface area contributed by atoms with E-state index in [-0.39, 0.29) is 18.1 Å². The first-order valence-corrected chi connectivity index (χ1v) is 13.2. The molecule has 0 aliphatic heterocycles. The van der Waals surface area contributed by atoms with E-state index in [1.807, 2.05) is 38.1 Å². The molecule has 0 saturated carbocycles. The van der Waals surface area contributed by atoms with Crippen molar-refractivity contribution in [1.82, 2.24) is 14.9 Å². The summed E-state index contributed by atoms with van der Waals surface area (Å²) in [7, 11) is 0. The first-order chi connectivity index (χ1) is 16.7. The minimum atomic E-state index is -1.11. The Bertz CT molecular complexity index is 1160. The zero-order valence-corrected chi connectivity index (χ0v) is 21.7. The average Bonchev–Trinajstić information content (AvgIpc) is 3.45. The number of rotatable bonds is 13. The van der Waals surface area contributed by atoms with Crippen molar-refractivity contribution in [3.8, 4) is 0 Å². The number of aromatic nitrogens is 2. The van der Waals surface area contributed by atoms with Crippen molar-refractivity contribution in [2.24, 2.45) is 11.8 Å². The van der Waals surface area contributed by atoms with Gasteiger partial charge in [-0.05, 0) is 54.8 Å². The van der Waals surface area contributed by atoms with Crippen molar-refractivity contribution in [3.05, 3.63) is 52.0 Å². The highest BCUT2D eigenvalue weighted by molar-refractivity contribution is 7.09. The molecule has 3 aromatic rings. The van der Waals surface area contributed by atoms with Crippen LogP contribution in [-0.2, 0) is 16.0 Å². The van der Waals surface area contributed by atoms with E-state index in [0.29, 0.717) is 18.0 Å². The molecular weight excluding hydrogens is 462 g/mol. The Labute approximate surface area is 210 Å². The fourth-order valence-electron chi connectivity index (χ4n) is 4.58. The molecular formula is C27H35N3O4S. The Morgan fingerprint density at radius 1 is 1.14 bits per heavy atom. The molecule has 0 aliphatic carbocycles. The Morgan fingerprint density at radius 2 is 1.89 bits per heavy atom. The molecule has 0 saturated heterocycles. The minimum absolute atomic E-state index is 0.0322. The Morgan fingerprint density at radius 3 is 2.49 bits per heavy atom. The molecule has 2 aromatic heterocycles. The number of hydrogen-bond donors (Lipinski definition) is 2. The number of nitrogens with zero attached hydrogens (tertiary/aromatic N) is 2. The van der Waals surface area contributed by atoms with Gasteiger partial charge >= 0.3 is 5.97 Å². The first kappa shape index (κ1) is 26.6. The van der Waals surface area contributed by atoms with Crippen molar-refractivity contribution < 1.29 is 19.5 Å². The Kier molecular flexibility index (Phi) is 9.20. The normalized spacial score (nSPS) is 12.4. The third-order valence-corrected chi connectivity index (χ3v) is 7.15. The van der Waals surface area contributed by atoms with E-state index in [1.165, 1.54) is 4.88 Å². The second-order valence-corrected chi connectivity index (χ2v) is 10.4. The van der Waals surface area contributed by atoms with E-state index >= 15 is 0 Å². The number of Topliss-reactive ketones (excluding diaryl/α,β-unsaturated/α-hetero) is 1. The van der Waals surface area contributed by atoms with Gasteiger partial charge in [0.05, 0.1) is 11.0 Å². The highest BCUT2D eigenvalue weighted by atomic mass is 32.1. The minimum Gasteiger partial charge on any atom is -0.480 e. The number of benzene rings is 1. The average molecular weight is 498 g/mol. The van der Waals surface area contributed by atoms with Crippen LogP contribution >= 0.6 is 11.3 Å². The van der Waals surface area contributed by atoms with Gasteiger partial charge in [-0.3, -0.25) is 14.4 Å². The number of fused-ring (bicyclic) bond motifs is 1. The summed E-state index contributed by atoms with van der Waals surface area (Å²) in [5, 5.41) is 13.4. The summed E-state index contributed by atoms with van der Waals surface area (Å²) >= 11 is 1.71. The number of carbonyl (C=O) groups excluding carboxylic acids is 2. The first-order valence-electron chi connectivity index (χ1n) is 12.3. The van der Waals surface area contributed by atoms with Crippen LogP contribution in [0.3, 0.4) is 0 Å². The van der Waals surface area contributed by atoms with Gasteiger partial charge in [-0.2, -0.15) is 0 Å². The number of hydrogen-bond acceptors (Lipinski definition) is 5. The summed E-state index contributed by atoms with van der Waals surface area (Å²) in [5.74, 6) is -1.03. The fourth-order valence-corrected chi connectivity index (χ4v) is 5.28. The molecule has 188 valence electrons. The van der Waals surface area contributed by atoms with Crippen molar-refractivity contribution in [2.45, 2.75) is 65.8 Å². The number of imidazole rings is 1. The van der Waals surface area contributed by atoms with Crippen LogP contribution in [0.2, 0.25) is 0 Å². The highest BCUT2D eigenvalue weighted by Gasteiger charge is 2.25. The molecule has 3 rings (SSSR count). The van der Waals surface area contributed by atoms with Gasteiger partial charge in [0.1, 0.15) is 12.4 Å². The maximum Gasteiger partial charge on any atom is 0.322 e. The Balaban J connectivity index is 1.90. The molecule has 0 radical (unpaired) electrons. The monoisotopic (exact) mass is 497 g/mol. The zero-order valence-electron chi connectivity index (χ0n) is 20.9. The van der Waals surface area contributed by atoms with E-state index in [0.717, 1.165) is 36.1 Å². The summed E-state index contributed by atoms with van der Waals surface area (Å²) in [6.45, 7) is 7.86. The van der Waals surface area contributed by atoms with Gasteiger partial charge in [-0.25, -0.2) is 4.98 Å². The molecule has 2 N–H and O–H groups in total. The molecule has 2 heterocycles. The van der Waals surface area contributed by atoms with Crippen molar-refractivity contribution in [2.75, 3.05) is 6.54 Å². The van der Waals surface area contributed by atoms with Crippen molar-refractivity contribution in [3.63, 3.8) is 0 Å². The number of ketones is 1. The molecule has 1 aromatic carbocycles. The van der Waals surface area contributed by atoms with Gasteiger partial charge in [-0.15, -0.1) is 11.3 Å². The lowest BCUT2D eigenvalue weighted by Gasteiger charge is -2.19. The molecule has 7 nitrogen and oxygen atoms in total. The summed E-state index contributed by atoms with van der Waals surface area (Å²) in [4.78, 5) is 42.8. The van der Waals surface area contributed by atoms with Crippen molar-refractivity contribution >= 4 is 40.0 Å². The second-order valence-electron chi connectivity index (χ2n) is 9.39. The van der Waals surface area contributed by atoms with Crippen LogP contribution in [0.5, 0.6) is 0 Å². The summed E-state index contributed by atoms with van der Waals surface area (Å²) in [6.07, 6.45) is 3.26. The van der Waals surface area contributed by atoms with Crippen LogP contribution in [0.15, 0.2) is 35.7 Å². The van der Waals surface area contributed by atoms with Crippen LogP contribution in [0.1, 0.15) is 80.5 Å². The number of carbonyl (C=O) groups is 3. The van der Waals surface area contributed by atoms with Gasteiger partial charge < -0.3 is 15.0 Å². The third kappa shape index (κ3) is 6.78. The maximum absolute atomic E-state index is 13.2. The predicted octanol–water partition coefficient (Wildman–Crippen LogP) is 5.49. The van der Waals surface area contributed by atoms with Crippen LogP contribution in [-0.4, -0.2) is 38.9 Å². The third-order valence-electron chi connectivity index (χ3n) is 6.28. The number of amides is 1. The van der Waals surface area contributed by atoms with E-state index in [2.05, 4.69) is 35.2 Å². The topological polar surface area (TPSA) is 101 Å². The molecule has 0 bridgehead atoms. The fraction of sp³-hybridized carbons (Fsp3) is 0.481. The number of nitrogens with one attached hydrogen (secondary N) is 1. The molecule has 1 amide bonds. The van der Waals surface area contributed by atoms with E-state index in [1.54, 1.807) is 11.3 Å². The predicted molar refractivity (Wildman–Crippen MR) is 139 cm³/mol. The van der Waals surface area contributed by atoms with Gasteiger partial charge in [0, 0.05) is 35.2 Å². The number of aliphatic carboxylic acids is 1. The SMILES string of the molecule is CCC(CC)n1c(Cc2cccs2)nc2cc(C(=O)C[C@@H](CC(C)C)C(=O)NCC(=O)O)ccc21. The lowest BCUT2D eigenvalue weighted by atomic mass is 9.89. The number of thiophene rings is 1. The van der Waals surface area contributed by atoms with E-state index in [4.69, 9.17) is 10.1 Å². The molecule has 0 unspecified atom stereocenters. The van der Waals surface area contributed by atoms with E-state index < -0.39 is 24.3 Å². The maximum atomic E-state index is 13.2. The molecule has 0 aliphatic rings. The summed E-state index contributed by atoms with van der Waals surface area (Å²) < 4.78 is 2.31. The Hall–Kier alpha value is -3.00. The molecule has 1 atom stereocenters. The molecule has 8 heteroatoms. The summed E-state index contributed by atoms with van der Waals surface area (Å²) in [6, 6.07) is 10.1. The quantitative estimate of drug-likeness (QED) is 0.304. The highest BCUT2D eigenvalue weighted by Crippen LogP contribution is 2.29. The van der Waals surface area contributed by atoms with Gasteiger partial charge in [0.25, 0.3) is 0 Å². The van der Waals surface area contributed by atoms with Crippen LogP contribution in [0.25, 0.3) is 11.0 Å². The van der Waals surface area contributed by atoms with Gasteiger partial charge in [0.2, 0.25) is 5.91 Å². The lowest BCUT2D eigenvalue weighted by molar-refractivity contribution is -0.138. The largest absolute Gasteiger partial charge is 0.480 e. The van der Waals surface area contributed by atoms with Crippen molar-refractivity contribution in [1.29, 1.82) is 0 Å². The molecule has 0 spiro atoms. The zero-order chi connectivity index (χ0) is 25.5. The smallest absolute Gasteiger partial charge is 0.322 e. The summed E-state index contributed by atoms with van der Waals surface area (Å²) in [5.41, 5.74) is 2.32. The standard InChI is InChI=1S/C27H35N3O4S/c1-5-20(6-2)30-23-10-9-18(13-22(23)29-25(30)15-21-8-7-11-35-21)24(31)14-19(12-17(3)4)27(34)28-16-26(32)33/h7-11,13,17,19-20H,5-6,12,14-16H2,1-4H3,(H,28,34)(H,32,33)/t19-/m1/s1. The van der Waals surface area contributed by atoms with Gasteiger partial charge in [-0.1, -0.05) is 33.8 Å². The number of carboxylic acids is 1. The lowest BCUT2D eigenvalue weighted by Crippen LogP contribution is -2.36. The van der Waals surface area contributed by atoms with Crippen LogP contribution in [0.4, 0.5) is 0 Å². The molecule has 0 fully saturated rings. The number of carboxylic acid groups (broad SMARTS) is 1. The van der Waals surface area contributed by atoms with Gasteiger partial charge in [0.15, 0.2) is 5.78 Å². The van der Waals surface area contributed by atoms with Crippen LogP contribution < -0.4 is 5.32 Å². The second kappa shape index (κ2) is 12.1. The van der Waals surface area contributed by atoms with E-state index in [9.17, 15) is 14.4 Å². The van der Waals surface area contributed by atoms with Crippen LogP contribution in [0, 0.1) is 11.8 Å².